The van der Waals surface area contributed by atoms with E-state index in [4.69, 9.17) is 0 Å². The molecule has 1 unspecified atom stereocenters. The number of aryl methyl sites for hydroxylation is 1. The van der Waals surface area contributed by atoms with Crippen molar-refractivity contribution in [2.75, 3.05) is 25.9 Å². The first-order valence-electron chi connectivity index (χ1n) is 7.59. The molecule has 1 aromatic rings. The smallest absolute Gasteiger partial charge is 0.194 e. The average molecular weight is 438 g/mol. The summed E-state index contributed by atoms with van der Waals surface area (Å²) in [7, 11) is 1.85. The highest BCUT2D eigenvalue weighted by molar-refractivity contribution is 14.0. The van der Waals surface area contributed by atoms with Crippen molar-refractivity contribution in [2.24, 2.45) is 10.9 Å². The number of aliphatic imine (C=N–C) groups is 1. The van der Waals surface area contributed by atoms with E-state index in [1.54, 1.807) is 6.33 Å². The maximum absolute atomic E-state index is 4.43. The minimum absolute atomic E-state index is 0. The van der Waals surface area contributed by atoms with Crippen molar-refractivity contribution in [1.82, 2.24) is 25.0 Å². The van der Waals surface area contributed by atoms with Gasteiger partial charge in [-0.05, 0) is 12.8 Å². The third-order valence-corrected chi connectivity index (χ3v) is 5.33. The third kappa shape index (κ3) is 5.00. The molecular weight excluding hydrogens is 411 g/mol. The van der Waals surface area contributed by atoms with E-state index < -0.39 is 0 Å². The third-order valence-electron chi connectivity index (χ3n) is 3.79. The van der Waals surface area contributed by atoms with Gasteiger partial charge in [0.1, 0.15) is 6.33 Å². The van der Waals surface area contributed by atoms with Gasteiger partial charge in [0.25, 0.3) is 0 Å². The van der Waals surface area contributed by atoms with E-state index >= 15 is 0 Å². The zero-order valence-corrected chi connectivity index (χ0v) is 17.0. The number of halogens is 1. The fraction of sp³-hybridized carbons (Fsp3) is 0.786. The van der Waals surface area contributed by atoms with E-state index in [0.717, 1.165) is 37.2 Å². The maximum atomic E-state index is 4.43. The SMILES string of the molecule is CCn1cnnc1CNC(=NC)N1CCSC(C(C)C)C1.I. The van der Waals surface area contributed by atoms with E-state index in [1.165, 1.54) is 0 Å². The zero-order chi connectivity index (χ0) is 15.2. The Kier molecular flexibility index (Phi) is 8.52. The molecule has 1 saturated heterocycles. The number of nitrogens with one attached hydrogen (secondary N) is 1. The van der Waals surface area contributed by atoms with E-state index in [0.29, 0.717) is 17.7 Å². The molecule has 2 rings (SSSR count). The monoisotopic (exact) mass is 438 g/mol. The summed E-state index contributed by atoms with van der Waals surface area (Å²) in [6.45, 7) is 10.3. The van der Waals surface area contributed by atoms with Gasteiger partial charge in [0, 0.05) is 37.7 Å². The Bertz CT molecular complexity index is 476. The molecule has 0 spiro atoms. The standard InChI is InChI=1S/C14H26N6S.HI/c1-5-19-10-17-18-13(19)8-16-14(15-4)20-6-7-21-12(9-20)11(2)3;/h10-12H,5-9H2,1-4H3,(H,15,16);1H. The summed E-state index contributed by atoms with van der Waals surface area (Å²) < 4.78 is 2.04. The lowest BCUT2D eigenvalue weighted by Gasteiger charge is -2.36. The van der Waals surface area contributed by atoms with Crippen LogP contribution in [0.5, 0.6) is 0 Å². The van der Waals surface area contributed by atoms with Gasteiger partial charge < -0.3 is 14.8 Å². The molecule has 2 heterocycles. The van der Waals surface area contributed by atoms with E-state index in [2.05, 4.69) is 57.9 Å². The molecule has 0 bridgehead atoms. The van der Waals surface area contributed by atoms with Gasteiger partial charge in [0.2, 0.25) is 0 Å². The van der Waals surface area contributed by atoms with Crippen molar-refractivity contribution in [3.63, 3.8) is 0 Å². The van der Waals surface area contributed by atoms with Gasteiger partial charge in [0.15, 0.2) is 11.8 Å². The van der Waals surface area contributed by atoms with Gasteiger partial charge in [-0.1, -0.05) is 13.8 Å². The second kappa shape index (κ2) is 9.59. The molecule has 1 N–H and O–H groups in total. The molecule has 0 amide bonds. The van der Waals surface area contributed by atoms with E-state index in [1.807, 2.05) is 11.6 Å². The molecule has 1 atom stereocenters. The van der Waals surface area contributed by atoms with Gasteiger partial charge >= 0.3 is 0 Å². The van der Waals surface area contributed by atoms with Crippen LogP contribution in [-0.4, -0.2) is 56.8 Å². The van der Waals surface area contributed by atoms with E-state index in [9.17, 15) is 0 Å². The van der Waals surface area contributed by atoms with Crippen LogP contribution in [0.1, 0.15) is 26.6 Å². The van der Waals surface area contributed by atoms with Gasteiger partial charge in [0.05, 0.1) is 6.54 Å². The predicted molar refractivity (Wildman–Crippen MR) is 104 cm³/mol. The summed E-state index contributed by atoms with van der Waals surface area (Å²) in [5.41, 5.74) is 0. The van der Waals surface area contributed by atoms with Gasteiger partial charge in [-0.2, -0.15) is 11.8 Å². The minimum Gasteiger partial charge on any atom is -0.349 e. The molecule has 1 aliphatic heterocycles. The lowest BCUT2D eigenvalue weighted by Crippen LogP contribution is -2.48. The number of hydrogen-bond acceptors (Lipinski definition) is 4. The Hall–Kier alpha value is -0.510. The summed E-state index contributed by atoms with van der Waals surface area (Å²) in [6, 6.07) is 0. The van der Waals surface area contributed by atoms with Crippen molar-refractivity contribution in [2.45, 2.75) is 39.1 Å². The molecule has 6 nitrogen and oxygen atoms in total. The quantitative estimate of drug-likeness (QED) is 0.443. The minimum atomic E-state index is 0. The van der Waals surface area contributed by atoms with Gasteiger partial charge in [-0.25, -0.2) is 0 Å². The molecule has 126 valence electrons. The lowest BCUT2D eigenvalue weighted by atomic mass is 10.1. The lowest BCUT2D eigenvalue weighted by molar-refractivity contribution is 0.380. The number of rotatable bonds is 4. The van der Waals surface area contributed by atoms with Crippen LogP contribution >= 0.6 is 35.7 Å². The van der Waals surface area contributed by atoms with Crippen molar-refractivity contribution < 1.29 is 0 Å². The predicted octanol–water partition coefficient (Wildman–Crippen LogP) is 2.06. The van der Waals surface area contributed by atoms with Crippen LogP contribution < -0.4 is 5.32 Å². The largest absolute Gasteiger partial charge is 0.349 e. The first kappa shape index (κ1) is 19.5. The van der Waals surface area contributed by atoms with Crippen LogP contribution in [0.3, 0.4) is 0 Å². The van der Waals surface area contributed by atoms with Crippen LogP contribution in [0, 0.1) is 5.92 Å². The van der Waals surface area contributed by atoms with Crippen LogP contribution in [0.2, 0.25) is 0 Å². The molecule has 0 aliphatic carbocycles. The Balaban J connectivity index is 0.00000242. The first-order chi connectivity index (χ1) is 10.2. The van der Waals surface area contributed by atoms with Crippen molar-refractivity contribution in [3.05, 3.63) is 12.2 Å². The molecule has 0 radical (unpaired) electrons. The molecule has 0 aromatic carbocycles. The summed E-state index contributed by atoms with van der Waals surface area (Å²) in [5.74, 6) is 3.77. The maximum Gasteiger partial charge on any atom is 0.194 e. The number of guanidine groups is 1. The first-order valence-corrected chi connectivity index (χ1v) is 8.64. The van der Waals surface area contributed by atoms with Crippen molar-refractivity contribution in [1.29, 1.82) is 0 Å². The average Bonchev–Trinajstić information content (AvgIpc) is 2.95. The Morgan fingerprint density at radius 3 is 2.95 bits per heavy atom. The summed E-state index contributed by atoms with van der Waals surface area (Å²) in [5, 5.41) is 12.2. The van der Waals surface area contributed by atoms with Crippen LogP contribution in [0.25, 0.3) is 0 Å². The summed E-state index contributed by atoms with van der Waals surface area (Å²) in [4.78, 5) is 6.78. The second-order valence-corrected chi connectivity index (χ2v) is 6.88. The van der Waals surface area contributed by atoms with Crippen LogP contribution in [0.4, 0.5) is 0 Å². The molecule has 22 heavy (non-hydrogen) atoms. The normalized spacial score (nSPS) is 19.2. The molecular formula is C14H27IN6S. The number of hydrogen-bond donors (Lipinski definition) is 1. The highest BCUT2D eigenvalue weighted by Gasteiger charge is 2.24. The summed E-state index contributed by atoms with van der Waals surface area (Å²) in [6.07, 6.45) is 1.77. The topological polar surface area (TPSA) is 58.3 Å². The Morgan fingerprint density at radius 2 is 2.32 bits per heavy atom. The summed E-state index contributed by atoms with van der Waals surface area (Å²) >= 11 is 2.07. The van der Waals surface area contributed by atoms with Crippen LogP contribution in [0.15, 0.2) is 11.3 Å². The number of thioether (sulfide) groups is 1. The van der Waals surface area contributed by atoms with Gasteiger partial charge in [-0.3, -0.25) is 4.99 Å². The van der Waals surface area contributed by atoms with Gasteiger partial charge in [-0.15, -0.1) is 34.2 Å². The zero-order valence-electron chi connectivity index (χ0n) is 13.8. The molecule has 8 heteroatoms. The van der Waals surface area contributed by atoms with Crippen LogP contribution in [-0.2, 0) is 13.1 Å². The Morgan fingerprint density at radius 1 is 1.55 bits per heavy atom. The molecule has 1 fully saturated rings. The number of nitrogens with zero attached hydrogens (tertiary/aromatic N) is 5. The molecule has 1 aromatic heterocycles. The second-order valence-electron chi connectivity index (χ2n) is 5.53. The van der Waals surface area contributed by atoms with Crippen molar-refractivity contribution in [3.8, 4) is 0 Å². The fourth-order valence-corrected chi connectivity index (χ4v) is 3.74. The molecule has 1 aliphatic rings. The van der Waals surface area contributed by atoms with Crippen molar-refractivity contribution >= 4 is 41.7 Å². The highest BCUT2D eigenvalue weighted by Crippen LogP contribution is 2.24. The number of aromatic nitrogens is 3. The molecule has 0 saturated carbocycles. The highest BCUT2D eigenvalue weighted by atomic mass is 127. The Labute approximate surface area is 154 Å². The fourth-order valence-electron chi connectivity index (χ4n) is 2.44. The van der Waals surface area contributed by atoms with E-state index in [-0.39, 0.29) is 24.0 Å².